The Labute approximate surface area is 141 Å². The lowest BCUT2D eigenvalue weighted by atomic mass is 10.2. The minimum atomic E-state index is -3.43. The monoisotopic (exact) mass is 402 g/mol. The highest BCUT2D eigenvalue weighted by Gasteiger charge is 2.14. The normalized spacial score (nSPS) is 11.0. The second kappa shape index (κ2) is 6.68. The zero-order chi connectivity index (χ0) is 16.3. The lowest BCUT2D eigenvalue weighted by Crippen LogP contribution is -2.14. The van der Waals surface area contributed by atoms with E-state index in [1.165, 1.54) is 18.2 Å². The summed E-state index contributed by atoms with van der Waals surface area (Å²) in [5, 5.41) is 2.94. The van der Waals surface area contributed by atoms with Crippen molar-refractivity contribution < 1.29 is 13.2 Å². The lowest BCUT2D eigenvalue weighted by Gasteiger charge is -2.10. The first-order valence-electron chi connectivity index (χ1n) is 6.09. The van der Waals surface area contributed by atoms with Crippen molar-refractivity contribution in [2.75, 3.05) is 16.3 Å². The number of hydrogen-bond acceptors (Lipinski definition) is 3. The van der Waals surface area contributed by atoms with Crippen molar-refractivity contribution >= 4 is 54.8 Å². The van der Waals surface area contributed by atoms with Gasteiger partial charge in [0.15, 0.2) is 0 Å². The van der Waals surface area contributed by atoms with Crippen molar-refractivity contribution in [2.45, 2.75) is 0 Å². The summed E-state index contributed by atoms with van der Waals surface area (Å²) in [7, 11) is -3.43. The van der Waals surface area contributed by atoms with Gasteiger partial charge in [0.2, 0.25) is 10.0 Å². The van der Waals surface area contributed by atoms with Crippen LogP contribution in [0, 0.1) is 0 Å². The quantitative estimate of drug-likeness (QED) is 0.817. The third kappa shape index (κ3) is 4.46. The van der Waals surface area contributed by atoms with Crippen molar-refractivity contribution in [2.24, 2.45) is 0 Å². The van der Waals surface area contributed by atoms with Crippen LogP contribution in [0.1, 0.15) is 10.4 Å². The van der Waals surface area contributed by atoms with Crippen molar-refractivity contribution in [3.63, 3.8) is 0 Å². The van der Waals surface area contributed by atoms with Crippen LogP contribution in [0.25, 0.3) is 0 Å². The van der Waals surface area contributed by atoms with Crippen molar-refractivity contribution in [1.29, 1.82) is 0 Å². The number of amides is 1. The zero-order valence-electron chi connectivity index (χ0n) is 11.4. The summed E-state index contributed by atoms with van der Waals surface area (Å²) in [6, 6.07) is 11.5. The Morgan fingerprint density at radius 2 is 1.86 bits per heavy atom. The van der Waals surface area contributed by atoms with E-state index in [4.69, 9.17) is 11.6 Å². The number of nitrogens with one attached hydrogen (secondary N) is 2. The predicted octanol–water partition coefficient (Wildman–Crippen LogP) is 3.73. The molecule has 0 fully saturated rings. The Morgan fingerprint density at radius 3 is 2.50 bits per heavy atom. The SMILES string of the molecule is CS(=O)(=O)Nc1ccc(Cl)c(C(=O)Nc2ccccc2Br)c1. The molecule has 22 heavy (non-hydrogen) atoms. The van der Waals surface area contributed by atoms with E-state index in [9.17, 15) is 13.2 Å². The molecule has 8 heteroatoms. The molecule has 0 aliphatic heterocycles. The van der Waals surface area contributed by atoms with E-state index in [0.717, 1.165) is 10.7 Å². The number of rotatable bonds is 4. The molecule has 0 aliphatic carbocycles. The molecule has 2 N–H and O–H groups in total. The fraction of sp³-hybridized carbons (Fsp3) is 0.0714. The molecule has 0 saturated carbocycles. The molecule has 0 radical (unpaired) electrons. The summed E-state index contributed by atoms with van der Waals surface area (Å²) in [5.41, 5.74) is 1.03. The fourth-order valence-corrected chi connectivity index (χ4v) is 2.87. The average molecular weight is 404 g/mol. The molecule has 0 atom stereocenters. The van der Waals surface area contributed by atoms with Gasteiger partial charge in [0.1, 0.15) is 0 Å². The number of anilines is 2. The Bertz CT molecular complexity index is 825. The van der Waals surface area contributed by atoms with Crippen molar-refractivity contribution in [3.8, 4) is 0 Å². The number of hydrogen-bond donors (Lipinski definition) is 2. The van der Waals surface area contributed by atoms with Gasteiger partial charge in [0, 0.05) is 10.2 Å². The van der Waals surface area contributed by atoms with Gasteiger partial charge in [-0.1, -0.05) is 23.7 Å². The summed E-state index contributed by atoms with van der Waals surface area (Å²) >= 11 is 9.35. The third-order valence-corrected chi connectivity index (χ3v) is 4.26. The average Bonchev–Trinajstić information content (AvgIpc) is 2.42. The van der Waals surface area contributed by atoms with Crippen LogP contribution in [0.15, 0.2) is 46.9 Å². The largest absolute Gasteiger partial charge is 0.321 e. The van der Waals surface area contributed by atoms with E-state index in [2.05, 4.69) is 26.0 Å². The number of halogens is 2. The van der Waals surface area contributed by atoms with Crippen LogP contribution in [0.2, 0.25) is 5.02 Å². The van der Waals surface area contributed by atoms with E-state index in [-0.39, 0.29) is 16.3 Å². The van der Waals surface area contributed by atoms with Crippen LogP contribution >= 0.6 is 27.5 Å². The van der Waals surface area contributed by atoms with E-state index in [1.54, 1.807) is 18.2 Å². The van der Waals surface area contributed by atoms with E-state index in [0.29, 0.717) is 5.69 Å². The highest BCUT2D eigenvalue weighted by atomic mass is 79.9. The van der Waals surface area contributed by atoms with Crippen molar-refractivity contribution in [3.05, 3.63) is 57.5 Å². The minimum Gasteiger partial charge on any atom is -0.321 e. The van der Waals surface area contributed by atoms with Gasteiger partial charge >= 0.3 is 0 Å². The first-order valence-corrected chi connectivity index (χ1v) is 9.16. The molecular weight excluding hydrogens is 392 g/mol. The van der Waals surface area contributed by atoms with Crippen LogP contribution in [0.5, 0.6) is 0 Å². The number of para-hydroxylation sites is 1. The van der Waals surface area contributed by atoms with Gasteiger partial charge in [-0.15, -0.1) is 0 Å². The van der Waals surface area contributed by atoms with Crippen molar-refractivity contribution in [1.82, 2.24) is 0 Å². The molecule has 0 heterocycles. The van der Waals surface area contributed by atoms with Crippen LogP contribution < -0.4 is 10.0 Å². The molecule has 0 spiro atoms. The maximum Gasteiger partial charge on any atom is 0.257 e. The molecule has 1 amide bonds. The topological polar surface area (TPSA) is 75.3 Å². The van der Waals surface area contributed by atoms with E-state index < -0.39 is 15.9 Å². The van der Waals surface area contributed by atoms with Gasteiger partial charge in [-0.3, -0.25) is 9.52 Å². The number of sulfonamides is 1. The van der Waals surface area contributed by atoms with E-state index in [1.807, 2.05) is 6.07 Å². The number of carbonyl (C=O) groups excluding carboxylic acids is 1. The third-order valence-electron chi connectivity index (χ3n) is 2.64. The lowest BCUT2D eigenvalue weighted by molar-refractivity contribution is 0.102. The van der Waals surface area contributed by atoms with Gasteiger partial charge < -0.3 is 5.32 Å². The molecule has 2 aromatic rings. The summed E-state index contributed by atoms with van der Waals surface area (Å²) in [4.78, 5) is 12.3. The molecule has 2 aromatic carbocycles. The fourth-order valence-electron chi connectivity index (χ4n) is 1.73. The summed E-state index contributed by atoms with van der Waals surface area (Å²) < 4.78 is 25.5. The van der Waals surface area contributed by atoms with Crippen LogP contribution in [-0.2, 0) is 10.0 Å². The molecule has 0 aromatic heterocycles. The summed E-state index contributed by atoms with van der Waals surface area (Å²) in [5.74, 6) is -0.436. The van der Waals surface area contributed by atoms with Crippen LogP contribution in [0.4, 0.5) is 11.4 Å². The Kier molecular flexibility index (Phi) is 5.10. The zero-order valence-corrected chi connectivity index (χ0v) is 14.6. The second-order valence-electron chi connectivity index (χ2n) is 4.50. The van der Waals surface area contributed by atoms with Gasteiger partial charge in [0.05, 0.1) is 22.5 Å². The second-order valence-corrected chi connectivity index (χ2v) is 7.51. The molecule has 0 aliphatic rings. The molecule has 5 nitrogen and oxygen atoms in total. The maximum absolute atomic E-state index is 12.3. The maximum atomic E-state index is 12.3. The smallest absolute Gasteiger partial charge is 0.257 e. The molecule has 0 bridgehead atoms. The van der Waals surface area contributed by atoms with Crippen LogP contribution in [0.3, 0.4) is 0 Å². The van der Waals surface area contributed by atoms with Crippen LogP contribution in [-0.4, -0.2) is 20.6 Å². The van der Waals surface area contributed by atoms with E-state index >= 15 is 0 Å². The highest BCUT2D eigenvalue weighted by molar-refractivity contribution is 9.10. The first-order chi connectivity index (χ1) is 10.3. The molecule has 0 unspecified atom stereocenters. The molecule has 2 rings (SSSR count). The Morgan fingerprint density at radius 1 is 1.18 bits per heavy atom. The summed E-state index contributed by atoms with van der Waals surface area (Å²) in [6.45, 7) is 0. The number of benzene rings is 2. The highest BCUT2D eigenvalue weighted by Crippen LogP contribution is 2.25. The predicted molar refractivity (Wildman–Crippen MR) is 92.0 cm³/mol. The Hall–Kier alpha value is -1.57. The molecular formula is C14H12BrClN2O3S. The Balaban J connectivity index is 2.29. The standard InChI is InChI=1S/C14H12BrClN2O3S/c1-22(20,21)18-9-6-7-12(16)10(8-9)14(19)17-13-5-3-2-4-11(13)15/h2-8,18H,1H3,(H,17,19). The van der Waals surface area contributed by atoms with Gasteiger partial charge in [-0.25, -0.2) is 8.42 Å². The first kappa shape index (κ1) is 16.8. The number of carbonyl (C=O) groups is 1. The van der Waals surface area contributed by atoms with Gasteiger partial charge in [-0.2, -0.15) is 0 Å². The molecule has 116 valence electrons. The van der Waals surface area contributed by atoms with Gasteiger partial charge in [0.25, 0.3) is 5.91 Å². The minimum absolute atomic E-state index is 0.172. The molecule has 0 saturated heterocycles. The van der Waals surface area contributed by atoms with Gasteiger partial charge in [-0.05, 0) is 46.3 Å². The summed E-state index contributed by atoms with van der Waals surface area (Å²) in [6.07, 6.45) is 1.03.